The molecule has 0 amide bonds. The van der Waals surface area contributed by atoms with Crippen LogP contribution in [0.3, 0.4) is 0 Å². The molecule has 0 saturated heterocycles. The number of ether oxygens (including phenoxy) is 1. The minimum atomic E-state index is 0.0120. The second-order valence-electron chi connectivity index (χ2n) is 4.97. The zero-order valence-corrected chi connectivity index (χ0v) is 10.7. The van der Waals surface area contributed by atoms with Crippen LogP contribution in [0.15, 0.2) is 0 Å². The van der Waals surface area contributed by atoms with Crippen molar-refractivity contribution in [3.63, 3.8) is 0 Å². The van der Waals surface area contributed by atoms with Gasteiger partial charge in [-0.2, -0.15) is 0 Å². The number of aliphatic hydroxyl groups excluding tert-OH is 1. The molecule has 0 radical (unpaired) electrons. The van der Waals surface area contributed by atoms with Crippen molar-refractivity contribution < 1.29 is 9.84 Å². The maximum Gasteiger partial charge on any atom is 0.0591 e. The molecule has 0 aliphatic rings. The Morgan fingerprint density at radius 3 is 2.53 bits per heavy atom. The summed E-state index contributed by atoms with van der Waals surface area (Å²) >= 11 is 0. The summed E-state index contributed by atoms with van der Waals surface area (Å²) in [6, 6.07) is 0. The fourth-order valence-electron chi connectivity index (χ4n) is 1.15. The molecule has 0 aromatic carbocycles. The Hall–Kier alpha value is -0.120. The van der Waals surface area contributed by atoms with E-state index in [0.29, 0.717) is 5.92 Å². The van der Waals surface area contributed by atoms with E-state index in [0.717, 1.165) is 32.7 Å². The predicted octanol–water partition coefficient (Wildman–Crippen LogP) is 1.66. The van der Waals surface area contributed by atoms with Crippen molar-refractivity contribution in [2.75, 3.05) is 32.9 Å². The number of rotatable bonds is 9. The fourth-order valence-corrected chi connectivity index (χ4v) is 1.15. The van der Waals surface area contributed by atoms with Gasteiger partial charge in [0.2, 0.25) is 0 Å². The van der Waals surface area contributed by atoms with Crippen molar-refractivity contribution in [2.45, 2.75) is 34.1 Å². The van der Waals surface area contributed by atoms with Crippen LogP contribution in [0, 0.1) is 11.3 Å². The highest BCUT2D eigenvalue weighted by Crippen LogP contribution is 2.17. The first kappa shape index (κ1) is 14.9. The van der Waals surface area contributed by atoms with Crippen LogP contribution in [-0.2, 0) is 4.74 Å². The minimum absolute atomic E-state index is 0.0120. The van der Waals surface area contributed by atoms with E-state index in [1.54, 1.807) is 0 Å². The summed E-state index contributed by atoms with van der Waals surface area (Å²) in [4.78, 5) is 0. The molecule has 92 valence electrons. The lowest BCUT2D eigenvalue weighted by Crippen LogP contribution is -2.36. The predicted molar refractivity (Wildman–Crippen MR) is 64.0 cm³/mol. The van der Waals surface area contributed by atoms with Crippen LogP contribution in [0.25, 0.3) is 0 Å². The highest BCUT2D eigenvalue weighted by molar-refractivity contribution is 4.73. The van der Waals surface area contributed by atoms with Crippen molar-refractivity contribution in [1.29, 1.82) is 0 Å². The van der Waals surface area contributed by atoms with Crippen LogP contribution in [0.5, 0.6) is 0 Å². The third-order valence-electron chi connectivity index (χ3n) is 2.66. The van der Waals surface area contributed by atoms with Gasteiger partial charge in [0.25, 0.3) is 0 Å². The Morgan fingerprint density at radius 2 is 2.07 bits per heavy atom. The van der Waals surface area contributed by atoms with Gasteiger partial charge in [0.15, 0.2) is 0 Å². The van der Waals surface area contributed by atoms with Gasteiger partial charge in [-0.1, -0.05) is 27.7 Å². The normalized spacial score (nSPS) is 15.6. The average Bonchev–Trinajstić information content (AvgIpc) is 2.22. The fraction of sp³-hybridized carbons (Fsp3) is 1.00. The van der Waals surface area contributed by atoms with E-state index in [9.17, 15) is 5.11 Å². The quantitative estimate of drug-likeness (QED) is 0.577. The molecule has 0 heterocycles. The van der Waals surface area contributed by atoms with E-state index in [1.165, 1.54) is 0 Å². The number of hydrogen-bond donors (Lipinski definition) is 2. The molecule has 1 unspecified atom stereocenters. The molecule has 3 nitrogen and oxygen atoms in total. The third-order valence-corrected chi connectivity index (χ3v) is 2.66. The third kappa shape index (κ3) is 7.77. The SMILES string of the molecule is CCC(C)(CO)CNCCOCC(C)C. The number of hydrogen-bond acceptors (Lipinski definition) is 3. The lowest BCUT2D eigenvalue weighted by molar-refractivity contribution is 0.102. The van der Waals surface area contributed by atoms with Crippen LogP contribution < -0.4 is 5.32 Å². The van der Waals surface area contributed by atoms with Gasteiger partial charge in [0.1, 0.15) is 0 Å². The Kier molecular flexibility index (Phi) is 8.02. The Balaban J connectivity index is 3.37. The van der Waals surface area contributed by atoms with Crippen molar-refractivity contribution in [3.8, 4) is 0 Å². The molecule has 1 atom stereocenters. The molecule has 0 aliphatic heterocycles. The van der Waals surface area contributed by atoms with Gasteiger partial charge >= 0.3 is 0 Å². The number of nitrogens with one attached hydrogen (secondary N) is 1. The molecule has 0 bridgehead atoms. The first-order chi connectivity index (χ1) is 7.04. The van der Waals surface area contributed by atoms with Crippen LogP contribution in [0.4, 0.5) is 0 Å². The lowest BCUT2D eigenvalue weighted by Gasteiger charge is -2.25. The lowest BCUT2D eigenvalue weighted by atomic mass is 9.89. The van der Waals surface area contributed by atoms with Gasteiger partial charge in [0, 0.05) is 31.7 Å². The summed E-state index contributed by atoms with van der Waals surface area (Å²) in [5.74, 6) is 0.600. The highest BCUT2D eigenvalue weighted by atomic mass is 16.5. The van der Waals surface area contributed by atoms with Gasteiger partial charge in [0.05, 0.1) is 6.61 Å². The van der Waals surface area contributed by atoms with E-state index < -0.39 is 0 Å². The molecule has 0 aliphatic carbocycles. The largest absolute Gasteiger partial charge is 0.396 e. The molecule has 0 saturated carbocycles. The molecule has 15 heavy (non-hydrogen) atoms. The Morgan fingerprint density at radius 1 is 1.40 bits per heavy atom. The monoisotopic (exact) mass is 217 g/mol. The Labute approximate surface area is 94.2 Å². The number of aliphatic hydroxyl groups is 1. The molecule has 0 fully saturated rings. The van der Waals surface area contributed by atoms with Gasteiger partial charge in [-0.25, -0.2) is 0 Å². The summed E-state index contributed by atoms with van der Waals surface area (Å²) in [5.41, 5.74) is 0.0120. The van der Waals surface area contributed by atoms with Crippen molar-refractivity contribution in [3.05, 3.63) is 0 Å². The molecule has 0 aromatic rings. The second kappa shape index (κ2) is 8.08. The zero-order valence-electron chi connectivity index (χ0n) is 10.7. The van der Waals surface area contributed by atoms with Gasteiger partial charge in [-0.3, -0.25) is 0 Å². The van der Waals surface area contributed by atoms with E-state index in [2.05, 4.69) is 33.0 Å². The maximum atomic E-state index is 9.19. The Bertz CT molecular complexity index is 145. The van der Waals surface area contributed by atoms with E-state index in [4.69, 9.17) is 4.74 Å². The molecule has 2 N–H and O–H groups in total. The molecule has 0 rings (SSSR count). The molecular weight excluding hydrogens is 190 g/mol. The molecule has 0 aromatic heterocycles. The first-order valence-electron chi connectivity index (χ1n) is 5.93. The molecule has 3 heteroatoms. The van der Waals surface area contributed by atoms with Crippen molar-refractivity contribution in [1.82, 2.24) is 5.32 Å². The van der Waals surface area contributed by atoms with Crippen LogP contribution >= 0.6 is 0 Å². The van der Waals surface area contributed by atoms with Crippen molar-refractivity contribution in [2.24, 2.45) is 11.3 Å². The highest BCUT2D eigenvalue weighted by Gasteiger charge is 2.19. The van der Waals surface area contributed by atoms with E-state index in [-0.39, 0.29) is 12.0 Å². The summed E-state index contributed by atoms with van der Waals surface area (Å²) < 4.78 is 5.45. The van der Waals surface area contributed by atoms with Crippen LogP contribution in [0.1, 0.15) is 34.1 Å². The molecular formula is C12H27NO2. The first-order valence-corrected chi connectivity index (χ1v) is 5.93. The standard InChI is InChI=1S/C12H27NO2/c1-5-12(4,10-14)9-13-6-7-15-8-11(2)3/h11,13-14H,5-10H2,1-4H3. The van der Waals surface area contributed by atoms with Gasteiger partial charge < -0.3 is 15.2 Å². The average molecular weight is 217 g/mol. The molecule has 0 spiro atoms. The minimum Gasteiger partial charge on any atom is -0.396 e. The summed E-state index contributed by atoms with van der Waals surface area (Å²) in [7, 11) is 0. The van der Waals surface area contributed by atoms with Crippen LogP contribution in [-0.4, -0.2) is 38.0 Å². The zero-order chi connectivity index (χ0) is 11.7. The van der Waals surface area contributed by atoms with Gasteiger partial charge in [-0.15, -0.1) is 0 Å². The maximum absolute atomic E-state index is 9.19. The van der Waals surface area contributed by atoms with E-state index >= 15 is 0 Å². The smallest absolute Gasteiger partial charge is 0.0591 e. The second-order valence-corrected chi connectivity index (χ2v) is 4.97. The van der Waals surface area contributed by atoms with Crippen LogP contribution in [0.2, 0.25) is 0 Å². The van der Waals surface area contributed by atoms with Gasteiger partial charge in [-0.05, 0) is 12.3 Å². The summed E-state index contributed by atoms with van der Waals surface area (Å²) in [6.45, 7) is 12.0. The topological polar surface area (TPSA) is 41.5 Å². The van der Waals surface area contributed by atoms with Crippen molar-refractivity contribution >= 4 is 0 Å². The summed E-state index contributed by atoms with van der Waals surface area (Å²) in [5, 5.41) is 12.5. The van der Waals surface area contributed by atoms with E-state index in [1.807, 2.05) is 0 Å². The summed E-state index contributed by atoms with van der Waals surface area (Å²) in [6.07, 6.45) is 0.989.